The zero-order chi connectivity index (χ0) is 20.9. The van der Waals surface area contributed by atoms with Crippen LogP contribution in [-0.2, 0) is 4.74 Å². The number of aromatic nitrogens is 3. The maximum atomic E-state index is 12.7. The molecule has 0 aliphatic carbocycles. The van der Waals surface area contributed by atoms with Crippen molar-refractivity contribution in [1.82, 2.24) is 20.3 Å². The number of nitrogens with one attached hydrogen (secondary N) is 1. The van der Waals surface area contributed by atoms with Gasteiger partial charge in [0.25, 0.3) is 5.91 Å². The molecule has 4 heterocycles. The Morgan fingerprint density at radius 2 is 1.97 bits per heavy atom. The monoisotopic (exact) mass is 426 g/mol. The summed E-state index contributed by atoms with van der Waals surface area (Å²) in [6, 6.07) is 5.99. The van der Waals surface area contributed by atoms with E-state index in [9.17, 15) is 4.79 Å². The Labute approximate surface area is 179 Å². The number of fused-ring (bicyclic) bond motifs is 1. The third-order valence-electron chi connectivity index (χ3n) is 5.28. The molecule has 0 unspecified atom stereocenters. The summed E-state index contributed by atoms with van der Waals surface area (Å²) in [5.74, 6) is 1.86. The lowest BCUT2D eigenvalue weighted by molar-refractivity contribution is 0.0952. The van der Waals surface area contributed by atoms with Gasteiger partial charge in [0.05, 0.1) is 10.3 Å². The van der Waals surface area contributed by atoms with E-state index in [1.807, 2.05) is 31.3 Å². The van der Waals surface area contributed by atoms with Crippen LogP contribution in [0.4, 0.5) is 11.6 Å². The van der Waals surface area contributed by atoms with Crippen molar-refractivity contribution in [3.63, 3.8) is 0 Å². The maximum Gasteiger partial charge on any atom is 0.261 e. The normalized spacial score (nSPS) is 14.3. The summed E-state index contributed by atoms with van der Waals surface area (Å²) in [7, 11) is 1.66. The molecule has 1 aliphatic heterocycles. The lowest BCUT2D eigenvalue weighted by atomic mass is 10.1. The summed E-state index contributed by atoms with van der Waals surface area (Å²) >= 11 is 1.43. The van der Waals surface area contributed by atoms with Crippen LogP contribution in [0.15, 0.2) is 30.7 Å². The number of thiophene rings is 1. The van der Waals surface area contributed by atoms with Gasteiger partial charge in [0.1, 0.15) is 22.8 Å². The molecule has 1 saturated heterocycles. The number of hydrogen-bond acceptors (Lipinski definition) is 8. The van der Waals surface area contributed by atoms with Gasteiger partial charge in [-0.05, 0) is 31.0 Å². The number of aryl methyl sites for hydroxylation is 1. The molecule has 0 radical (unpaired) electrons. The van der Waals surface area contributed by atoms with E-state index in [4.69, 9.17) is 4.74 Å². The van der Waals surface area contributed by atoms with Gasteiger partial charge < -0.3 is 19.9 Å². The summed E-state index contributed by atoms with van der Waals surface area (Å²) in [5, 5.41) is 3.96. The minimum absolute atomic E-state index is 0.0578. The van der Waals surface area contributed by atoms with E-state index in [-0.39, 0.29) is 5.91 Å². The van der Waals surface area contributed by atoms with Crippen LogP contribution in [0.5, 0.6) is 0 Å². The summed E-state index contributed by atoms with van der Waals surface area (Å²) < 4.78 is 5.04. The third-order valence-corrected chi connectivity index (χ3v) is 6.47. The lowest BCUT2D eigenvalue weighted by Crippen LogP contribution is -2.47. The molecule has 4 rings (SSSR count). The van der Waals surface area contributed by atoms with Gasteiger partial charge >= 0.3 is 0 Å². The van der Waals surface area contributed by atoms with Crippen LogP contribution in [0.25, 0.3) is 10.2 Å². The molecule has 0 saturated carbocycles. The van der Waals surface area contributed by atoms with Crippen LogP contribution in [0, 0.1) is 6.92 Å². The standard InChI is InChI=1S/C21H26N6O2S/c1-15-17-19(27-11-9-26(10-12-27)16-6-3-4-7-22-16)24-14-25-21(17)30-18(15)20(28)23-8-5-13-29-2/h3-4,6-7,14H,5,8-13H2,1-2H3,(H,23,28). The highest BCUT2D eigenvalue weighted by Crippen LogP contribution is 2.35. The first-order valence-corrected chi connectivity index (χ1v) is 10.9. The van der Waals surface area contributed by atoms with E-state index in [1.54, 1.807) is 13.4 Å². The summed E-state index contributed by atoms with van der Waals surface area (Å²) in [6.07, 6.45) is 4.21. The number of rotatable bonds is 7. The second-order valence-electron chi connectivity index (χ2n) is 7.20. The van der Waals surface area contributed by atoms with Crippen molar-refractivity contribution in [3.05, 3.63) is 41.2 Å². The van der Waals surface area contributed by atoms with Gasteiger partial charge in [0, 0.05) is 52.6 Å². The molecule has 3 aromatic heterocycles. The second-order valence-corrected chi connectivity index (χ2v) is 8.20. The van der Waals surface area contributed by atoms with E-state index >= 15 is 0 Å². The van der Waals surface area contributed by atoms with Crippen molar-refractivity contribution in [1.29, 1.82) is 0 Å². The third kappa shape index (κ3) is 4.22. The molecule has 0 bridgehead atoms. The number of carbonyl (C=O) groups is 1. The Bertz CT molecular complexity index is 1000. The van der Waals surface area contributed by atoms with E-state index in [0.29, 0.717) is 18.0 Å². The van der Waals surface area contributed by atoms with Crippen molar-refractivity contribution in [2.45, 2.75) is 13.3 Å². The average Bonchev–Trinajstić information content (AvgIpc) is 3.14. The molecule has 0 spiro atoms. The molecule has 3 aromatic rings. The fraction of sp³-hybridized carbons (Fsp3) is 0.429. The number of pyridine rings is 1. The van der Waals surface area contributed by atoms with E-state index in [1.165, 1.54) is 11.3 Å². The number of anilines is 2. The largest absolute Gasteiger partial charge is 0.385 e. The van der Waals surface area contributed by atoms with Crippen molar-refractivity contribution >= 4 is 39.1 Å². The van der Waals surface area contributed by atoms with Crippen LogP contribution in [0.3, 0.4) is 0 Å². The number of nitrogens with zero attached hydrogens (tertiary/aromatic N) is 5. The van der Waals surface area contributed by atoms with Gasteiger partial charge in [0.2, 0.25) is 0 Å². The Morgan fingerprint density at radius 1 is 1.17 bits per heavy atom. The zero-order valence-electron chi connectivity index (χ0n) is 17.3. The average molecular weight is 427 g/mol. The van der Waals surface area contributed by atoms with Gasteiger partial charge in [-0.15, -0.1) is 11.3 Å². The first-order chi connectivity index (χ1) is 14.7. The highest BCUT2D eigenvalue weighted by molar-refractivity contribution is 7.20. The first kappa shape index (κ1) is 20.5. The molecular weight excluding hydrogens is 400 g/mol. The Morgan fingerprint density at radius 3 is 2.70 bits per heavy atom. The van der Waals surface area contributed by atoms with Crippen LogP contribution in [0.2, 0.25) is 0 Å². The quantitative estimate of drug-likeness (QED) is 0.581. The molecule has 1 aliphatic rings. The molecule has 0 aromatic carbocycles. The first-order valence-electron chi connectivity index (χ1n) is 10.1. The number of hydrogen-bond donors (Lipinski definition) is 1. The molecule has 1 fully saturated rings. The predicted octanol–water partition coefficient (Wildman–Crippen LogP) is 2.49. The van der Waals surface area contributed by atoms with Crippen LogP contribution < -0.4 is 15.1 Å². The highest BCUT2D eigenvalue weighted by Gasteiger charge is 2.24. The Hall–Kier alpha value is -2.78. The lowest BCUT2D eigenvalue weighted by Gasteiger charge is -2.36. The Kier molecular flexibility index (Phi) is 6.39. The summed E-state index contributed by atoms with van der Waals surface area (Å²) in [5.41, 5.74) is 0.946. The van der Waals surface area contributed by atoms with Crippen molar-refractivity contribution < 1.29 is 9.53 Å². The minimum Gasteiger partial charge on any atom is -0.385 e. The van der Waals surface area contributed by atoms with Crippen LogP contribution in [0.1, 0.15) is 21.7 Å². The fourth-order valence-corrected chi connectivity index (χ4v) is 4.76. The van der Waals surface area contributed by atoms with Crippen LogP contribution >= 0.6 is 11.3 Å². The van der Waals surface area contributed by atoms with E-state index < -0.39 is 0 Å². The topological polar surface area (TPSA) is 83.5 Å². The predicted molar refractivity (Wildman–Crippen MR) is 120 cm³/mol. The van der Waals surface area contributed by atoms with Gasteiger partial charge in [-0.2, -0.15) is 0 Å². The number of methoxy groups -OCH3 is 1. The second kappa shape index (κ2) is 9.36. The molecule has 9 heteroatoms. The zero-order valence-corrected chi connectivity index (χ0v) is 18.1. The summed E-state index contributed by atoms with van der Waals surface area (Å²) in [4.78, 5) is 32.3. The van der Waals surface area contributed by atoms with E-state index in [0.717, 1.165) is 60.0 Å². The smallest absolute Gasteiger partial charge is 0.261 e. The van der Waals surface area contributed by atoms with Crippen molar-refractivity contribution in [2.24, 2.45) is 0 Å². The fourth-order valence-electron chi connectivity index (χ4n) is 3.70. The molecule has 1 amide bonds. The Balaban J connectivity index is 1.51. The van der Waals surface area contributed by atoms with Gasteiger partial charge in [-0.3, -0.25) is 4.79 Å². The molecule has 158 valence electrons. The molecular formula is C21H26N6O2S. The molecule has 0 atom stereocenters. The van der Waals surface area contributed by atoms with Gasteiger partial charge in [-0.25, -0.2) is 15.0 Å². The number of ether oxygens (including phenoxy) is 1. The minimum atomic E-state index is -0.0578. The van der Waals surface area contributed by atoms with Crippen LogP contribution in [-0.4, -0.2) is 67.3 Å². The van der Waals surface area contributed by atoms with Crippen molar-refractivity contribution in [3.8, 4) is 0 Å². The maximum absolute atomic E-state index is 12.7. The highest BCUT2D eigenvalue weighted by atomic mass is 32.1. The molecule has 30 heavy (non-hydrogen) atoms. The van der Waals surface area contributed by atoms with Gasteiger partial charge in [0.15, 0.2) is 0 Å². The number of amides is 1. The number of piperazine rings is 1. The van der Waals surface area contributed by atoms with Crippen molar-refractivity contribution in [2.75, 3.05) is 56.2 Å². The van der Waals surface area contributed by atoms with Gasteiger partial charge in [-0.1, -0.05) is 6.07 Å². The molecule has 8 nitrogen and oxygen atoms in total. The van der Waals surface area contributed by atoms with E-state index in [2.05, 4.69) is 30.1 Å². The molecule has 1 N–H and O–H groups in total. The summed E-state index contributed by atoms with van der Waals surface area (Å²) in [6.45, 7) is 6.64. The SMILES string of the molecule is COCCCNC(=O)c1sc2ncnc(N3CCN(c4ccccn4)CC3)c2c1C. The number of carbonyl (C=O) groups excluding carboxylic acids is 1.